The third-order valence-corrected chi connectivity index (χ3v) is 4.27. The highest BCUT2D eigenvalue weighted by Crippen LogP contribution is 2.13. The third kappa shape index (κ3) is 5.45. The van der Waals surface area contributed by atoms with Gasteiger partial charge in [0, 0.05) is 22.5 Å². The Bertz CT molecular complexity index is 400. The van der Waals surface area contributed by atoms with Crippen molar-refractivity contribution in [3.63, 3.8) is 0 Å². The number of ketones is 1. The second kappa shape index (κ2) is 7.81. The van der Waals surface area contributed by atoms with Crippen LogP contribution in [0, 0.1) is 5.92 Å². The van der Waals surface area contributed by atoms with E-state index in [0.717, 1.165) is 23.0 Å². The average molecular weight is 326 g/mol. The molecule has 1 aromatic rings. The van der Waals surface area contributed by atoms with Crippen LogP contribution in [-0.4, -0.2) is 30.3 Å². The molecular weight excluding hydrogens is 302 g/mol. The van der Waals surface area contributed by atoms with Gasteiger partial charge >= 0.3 is 0 Å². The summed E-state index contributed by atoms with van der Waals surface area (Å²) in [4.78, 5) is 14.3. The van der Waals surface area contributed by atoms with E-state index >= 15 is 0 Å². The van der Waals surface area contributed by atoms with E-state index in [0.29, 0.717) is 18.4 Å². The van der Waals surface area contributed by atoms with Gasteiger partial charge in [0.1, 0.15) is 0 Å². The maximum absolute atomic E-state index is 12.0. The maximum Gasteiger partial charge on any atom is 0.162 e. The molecule has 0 aliphatic heterocycles. The van der Waals surface area contributed by atoms with Crippen molar-refractivity contribution in [2.45, 2.75) is 39.7 Å². The average Bonchev–Trinajstić information content (AvgIpc) is 2.38. The van der Waals surface area contributed by atoms with E-state index in [1.54, 1.807) is 0 Å². The Morgan fingerprint density at radius 3 is 2.32 bits per heavy atom. The lowest BCUT2D eigenvalue weighted by molar-refractivity contribution is 0.0972. The van der Waals surface area contributed by atoms with Crippen LogP contribution in [0.25, 0.3) is 0 Å². The smallest absolute Gasteiger partial charge is 0.162 e. The van der Waals surface area contributed by atoms with Crippen molar-refractivity contribution in [3.05, 3.63) is 34.3 Å². The van der Waals surface area contributed by atoms with Crippen LogP contribution in [-0.2, 0) is 0 Å². The van der Waals surface area contributed by atoms with Crippen molar-refractivity contribution in [2.75, 3.05) is 13.6 Å². The van der Waals surface area contributed by atoms with E-state index in [2.05, 4.69) is 48.6 Å². The zero-order chi connectivity index (χ0) is 14.4. The highest BCUT2D eigenvalue weighted by atomic mass is 79.9. The number of hydrogen-bond acceptors (Lipinski definition) is 2. The number of halogens is 1. The molecule has 1 rings (SSSR count). The molecule has 0 heterocycles. The van der Waals surface area contributed by atoms with E-state index in [1.165, 1.54) is 0 Å². The number of carbonyl (C=O) groups is 1. The summed E-state index contributed by atoms with van der Waals surface area (Å²) in [7, 11) is 2.13. The number of rotatable bonds is 7. The number of benzene rings is 1. The minimum absolute atomic E-state index is 0.234. The fourth-order valence-electron chi connectivity index (χ4n) is 1.98. The molecule has 19 heavy (non-hydrogen) atoms. The number of carbonyl (C=O) groups excluding carboxylic acids is 1. The van der Waals surface area contributed by atoms with Gasteiger partial charge in [0.25, 0.3) is 0 Å². The van der Waals surface area contributed by atoms with Gasteiger partial charge in [-0.3, -0.25) is 4.79 Å². The Balaban J connectivity index is 2.37. The fourth-order valence-corrected chi connectivity index (χ4v) is 2.25. The normalized spacial score (nSPS) is 13.0. The molecule has 0 saturated carbocycles. The Hall–Kier alpha value is -0.670. The minimum atomic E-state index is 0.234. The third-order valence-electron chi connectivity index (χ3n) is 3.74. The minimum Gasteiger partial charge on any atom is -0.303 e. The zero-order valence-corrected chi connectivity index (χ0v) is 13.9. The molecule has 0 saturated heterocycles. The molecule has 0 aliphatic rings. The van der Waals surface area contributed by atoms with Gasteiger partial charge < -0.3 is 4.90 Å². The summed E-state index contributed by atoms with van der Waals surface area (Å²) >= 11 is 3.38. The van der Waals surface area contributed by atoms with Gasteiger partial charge in [-0.2, -0.15) is 0 Å². The highest BCUT2D eigenvalue weighted by molar-refractivity contribution is 9.10. The molecule has 0 bridgehead atoms. The zero-order valence-electron chi connectivity index (χ0n) is 12.3. The first-order chi connectivity index (χ1) is 8.91. The van der Waals surface area contributed by atoms with Crippen LogP contribution in [0.1, 0.15) is 44.0 Å². The van der Waals surface area contributed by atoms with E-state index in [-0.39, 0.29) is 5.78 Å². The van der Waals surface area contributed by atoms with Crippen LogP contribution in [0.2, 0.25) is 0 Å². The molecule has 106 valence electrons. The van der Waals surface area contributed by atoms with E-state index in [4.69, 9.17) is 0 Å². The molecule has 1 aromatic carbocycles. The summed E-state index contributed by atoms with van der Waals surface area (Å²) in [6, 6.07) is 8.16. The van der Waals surface area contributed by atoms with Crippen molar-refractivity contribution in [1.82, 2.24) is 4.90 Å². The first kappa shape index (κ1) is 16.4. The van der Waals surface area contributed by atoms with Crippen LogP contribution in [0.5, 0.6) is 0 Å². The van der Waals surface area contributed by atoms with Crippen LogP contribution in [0.3, 0.4) is 0 Å². The van der Waals surface area contributed by atoms with Gasteiger partial charge in [-0.25, -0.2) is 0 Å². The predicted octanol–water partition coefficient (Wildman–Crippen LogP) is 4.39. The van der Waals surface area contributed by atoms with Crippen LogP contribution in [0.15, 0.2) is 28.7 Å². The highest BCUT2D eigenvalue weighted by Gasteiger charge is 2.13. The number of nitrogens with zero attached hydrogens (tertiary/aromatic N) is 1. The van der Waals surface area contributed by atoms with Gasteiger partial charge in [0.05, 0.1) is 0 Å². The monoisotopic (exact) mass is 325 g/mol. The van der Waals surface area contributed by atoms with Crippen LogP contribution in [0.4, 0.5) is 0 Å². The van der Waals surface area contributed by atoms with Crippen molar-refractivity contribution < 1.29 is 4.79 Å². The Labute approximate surface area is 125 Å². The molecular formula is C16H24BrNO. The first-order valence-corrected chi connectivity index (χ1v) is 7.70. The van der Waals surface area contributed by atoms with Crippen LogP contribution < -0.4 is 0 Å². The Morgan fingerprint density at radius 2 is 1.79 bits per heavy atom. The van der Waals surface area contributed by atoms with Crippen molar-refractivity contribution in [1.29, 1.82) is 0 Å². The SMILES string of the molecule is CC(C)C(C)N(C)CCCC(=O)c1ccc(Br)cc1. The second-order valence-electron chi connectivity index (χ2n) is 5.50. The lowest BCUT2D eigenvalue weighted by Gasteiger charge is -2.27. The topological polar surface area (TPSA) is 20.3 Å². The summed E-state index contributed by atoms with van der Waals surface area (Å²) in [5, 5.41) is 0. The first-order valence-electron chi connectivity index (χ1n) is 6.91. The maximum atomic E-state index is 12.0. The molecule has 1 unspecified atom stereocenters. The molecule has 0 radical (unpaired) electrons. The van der Waals surface area contributed by atoms with Gasteiger partial charge in [0.15, 0.2) is 5.78 Å². The van der Waals surface area contributed by atoms with Crippen molar-refractivity contribution in [2.24, 2.45) is 5.92 Å². The molecule has 0 aromatic heterocycles. The van der Waals surface area contributed by atoms with E-state index < -0.39 is 0 Å². The van der Waals surface area contributed by atoms with Crippen molar-refractivity contribution in [3.8, 4) is 0 Å². The molecule has 2 nitrogen and oxygen atoms in total. The molecule has 1 atom stereocenters. The van der Waals surface area contributed by atoms with Gasteiger partial charge in [-0.15, -0.1) is 0 Å². The van der Waals surface area contributed by atoms with Crippen LogP contribution >= 0.6 is 15.9 Å². The summed E-state index contributed by atoms with van der Waals surface area (Å²) in [6.45, 7) is 7.67. The molecule has 0 fully saturated rings. The summed E-state index contributed by atoms with van der Waals surface area (Å²) in [5.74, 6) is 0.880. The molecule has 0 amide bonds. The molecule has 0 spiro atoms. The largest absolute Gasteiger partial charge is 0.303 e. The van der Waals surface area contributed by atoms with Gasteiger partial charge in [-0.05, 0) is 45.0 Å². The van der Waals surface area contributed by atoms with Gasteiger partial charge in [0.2, 0.25) is 0 Å². The number of hydrogen-bond donors (Lipinski definition) is 0. The standard InChI is InChI=1S/C16H24BrNO/c1-12(2)13(3)18(4)11-5-6-16(19)14-7-9-15(17)10-8-14/h7-10,12-13H,5-6,11H2,1-4H3. The Morgan fingerprint density at radius 1 is 1.21 bits per heavy atom. The van der Waals surface area contributed by atoms with E-state index in [1.807, 2.05) is 24.3 Å². The molecule has 0 N–H and O–H groups in total. The van der Waals surface area contributed by atoms with Gasteiger partial charge in [-0.1, -0.05) is 41.9 Å². The predicted molar refractivity (Wildman–Crippen MR) is 84.6 cm³/mol. The lowest BCUT2D eigenvalue weighted by atomic mass is 10.0. The summed E-state index contributed by atoms with van der Waals surface area (Å²) in [6.07, 6.45) is 1.54. The van der Waals surface area contributed by atoms with Crippen molar-refractivity contribution >= 4 is 21.7 Å². The summed E-state index contributed by atoms with van der Waals surface area (Å²) in [5.41, 5.74) is 0.808. The molecule has 0 aliphatic carbocycles. The number of Topliss-reactive ketones (excluding diaryl/α,β-unsaturated/α-hetero) is 1. The second-order valence-corrected chi connectivity index (χ2v) is 6.41. The fraction of sp³-hybridized carbons (Fsp3) is 0.562. The lowest BCUT2D eigenvalue weighted by Crippen LogP contribution is -2.34. The quantitative estimate of drug-likeness (QED) is 0.693. The Kier molecular flexibility index (Phi) is 6.73. The summed E-state index contributed by atoms with van der Waals surface area (Å²) < 4.78 is 1.01. The molecule has 3 heteroatoms. The van der Waals surface area contributed by atoms with E-state index in [9.17, 15) is 4.79 Å².